The molecule has 0 spiro atoms. The Hall–Kier alpha value is -1.03. The highest BCUT2D eigenvalue weighted by atomic mass is 35.5. The van der Waals surface area contributed by atoms with E-state index in [-0.39, 0.29) is 5.54 Å². The van der Waals surface area contributed by atoms with Crippen LogP contribution in [0.4, 0.5) is 11.6 Å². The third-order valence-corrected chi connectivity index (χ3v) is 3.57. The number of anilines is 2. The Balaban J connectivity index is 2.16. The molecule has 0 radical (unpaired) electrons. The van der Waals surface area contributed by atoms with Gasteiger partial charge in [-0.1, -0.05) is 30.9 Å². The molecule has 1 aromatic heterocycles. The topological polar surface area (TPSA) is 63.8 Å². The molecule has 0 bridgehead atoms. The molecule has 88 valence electrons. The van der Waals surface area contributed by atoms with Crippen molar-refractivity contribution in [3.05, 3.63) is 11.3 Å². The van der Waals surface area contributed by atoms with Gasteiger partial charge in [-0.15, -0.1) is 0 Å². The Kier molecular flexibility index (Phi) is 3.19. The Morgan fingerprint density at radius 2 is 2.00 bits per heavy atom. The molecule has 4 nitrogen and oxygen atoms in total. The van der Waals surface area contributed by atoms with Gasteiger partial charge < -0.3 is 11.1 Å². The highest BCUT2D eigenvalue weighted by Gasteiger charge is 2.27. The van der Waals surface area contributed by atoms with Crippen LogP contribution in [0.25, 0.3) is 0 Å². The molecular weight excluding hydrogens is 224 g/mol. The van der Waals surface area contributed by atoms with Crippen molar-refractivity contribution in [2.24, 2.45) is 0 Å². The highest BCUT2D eigenvalue weighted by Crippen LogP contribution is 2.33. The third kappa shape index (κ3) is 2.38. The molecule has 1 saturated carbocycles. The van der Waals surface area contributed by atoms with Crippen molar-refractivity contribution in [2.45, 2.75) is 44.6 Å². The first-order valence-corrected chi connectivity index (χ1v) is 6.03. The van der Waals surface area contributed by atoms with E-state index in [9.17, 15) is 0 Å². The van der Waals surface area contributed by atoms with Crippen molar-refractivity contribution >= 4 is 23.2 Å². The lowest BCUT2D eigenvalue weighted by Gasteiger charge is -2.35. The van der Waals surface area contributed by atoms with Crippen molar-refractivity contribution in [3.63, 3.8) is 0 Å². The van der Waals surface area contributed by atoms with E-state index in [2.05, 4.69) is 22.2 Å². The molecule has 0 aliphatic heterocycles. The second-order valence-corrected chi connectivity index (χ2v) is 5.05. The molecule has 16 heavy (non-hydrogen) atoms. The fourth-order valence-corrected chi connectivity index (χ4v) is 2.36. The fraction of sp³-hybridized carbons (Fsp3) is 0.636. The van der Waals surface area contributed by atoms with Gasteiger partial charge in [0.15, 0.2) is 5.82 Å². The lowest BCUT2D eigenvalue weighted by molar-refractivity contribution is 0.348. The van der Waals surface area contributed by atoms with Gasteiger partial charge in [-0.25, -0.2) is 9.97 Å². The minimum absolute atomic E-state index is 0.0860. The van der Waals surface area contributed by atoms with Gasteiger partial charge in [0, 0.05) is 5.54 Å². The molecule has 1 aliphatic rings. The molecule has 1 heterocycles. The van der Waals surface area contributed by atoms with Crippen molar-refractivity contribution in [2.75, 3.05) is 11.1 Å². The van der Waals surface area contributed by atoms with Crippen molar-refractivity contribution in [1.29, 1.82) is 0 Å². The number of nitrogens with two attached hydrogens (primary N) is 1. The summed E-state index contributed by atoms with van der Waals surface area (Å²) in [5.74, 6) is 0.983. The van der Waals surface area contributed by atoms with Gasteiger partial charge >= 0.3 is 0 Å². The molecule has 1 aromatic rings. The van der Waals surface area contributed by atoms with Crippen LogP contribution in [0.5, 0.6) is 0 Å². The Morgan fingerprint density at radius 3 is 2.69 bits per heavy atom. The molecule has 5 heteroatoms. The van der Waals surface area contributed by atoms with Crippen LogP contribution in [0.15, 0.2) is 6.33 Å². The first-order valence-electron chi connectivity index (χ1n) is 5.65. The summed E-state index contributed by atoms with van der Waals surface area (Å²) >= 11 is 6.06. The van der Waals surface area contributed by atoms with Crippen molar-refractivity contribution in [3.8, 4) is 0 Å². The SMILES string of the molecule is CC1(Nc2ncnc(N)c2Cl)CCCCC1. The minimum Gasteiger partial charge on any atom is -0.382 e. The van der Waals surface area contributed by atoms with E-state index in [0.717, 1.165) is 12.8 Å². The summed E-state index contributed by atoms with van der Waals surface area (Å²) < 4.78 is 0. The maximum Gasteiger partial charge on any atom is 0.150 e. The second kappa shape index (κ2) is 4.45. The van der Waals surface area contributed by atoms with E-state index < -0.39 is 0 Å². The average Bonchev–Trinajstić information content (AvgIpc) is 2.26. The predicted octanol–water partition coefficient (Wildman–Crippen LogP) is 2.85. The minimum atomic E-state index is 0.0860. The number of hydrogen-bond acceptors (Lipinski definition) is 4. The molecule has 1 aliphatic carbocycles. The van der Waals surface area contributed by atoms with Crippen LogP contribution in [0.3, 0.4) is 0 Å². The van der Waals surface area contributed by atoms with E-state index in [1.165, 1.54) is 25.6 Å². The van der Waals surface area contributed by atoms with E-state index in [0.29, 0.717) is 16.7 Å². The zero-order valence-corrected chi connectivity index (χ0v) is 10.2. The summed E-state index contributed by atoms with van der Waals surface area (Å²) in [6.07, 6.45) is 7.55. The number of hydrogen-bond donors (Lipinski definition) is 2. The molecule has 3 N–H and O–H groups in total. The summed E-state index contributed by atoms with van der Waals surface area (Å²) in [5.41, 5.74) is 5.73. The Morgan fingerprint density at radius 1 is 1.31 bits per heavy atom. The van der Waals surface area contributed by atoms with E-state index in [1.54, 1.807) is 0 Å². The van der Waals surface area contributed by atoms with Gasteiger partial charge in [-0.2, -0.15) is 0 Å². The second-order valence-electron chi connectivity index (χ2n) is 4.67. The van der Waals surface area contributed by atoms with Crippen LogP contribution in [-0.4, -0.2) is 15.5 Å². The highest BCUT2D eigenvalue weighted by molar-refractivity contribution is 6.35. The lowest BCUT2D eigenvalue weighted by atomic mass is 9.83. The van der Waals surface area contributed by atoms with E-state index in [4.69, 9.17) is 17.3 Å². The van der Waals surface area contributed by atoms with Crippen LogP contribution in [0, 0.1) is 0 Å². The standard InChI is InChI=1S/C11H17ClN4/c1-11(5-3-2-4-6-11)16-10-8(12)9(13)14-7-15-10/h7H,2-6H2,1H3,(H3,13,14,15,16). The molecule has 0 atom stereocenters. The van der Waals surface area contributed by atoms with E-state index in [1.807, 2.05) is 0 Å². The fourth-order valence-electron chi connectivity index (χ4n) is 2.21. The Labute approximate surface area is 101 Å². The number of nitrogens with one attached hydrogen (secondary N) is 1. The smallest absolute Gasteiger partial charge is 0.150 e. The normalized spacial score (nSPS) is 19.4. The van der Waals surface area contributed by atoms with E-state index >= 15 is 0 Å². The molecule has 2 rings (SSSR count). The number of rotatable bonds is 2. The number of aromatic nitrogens is 2. The van der Waals surface area contributed by atoms with Crippen LogP contribution >= 0.6 is 11.6 Å². The number of nitrogens with zero attached hydrogens (tertiary/aromatic N) is 2. The van der Waals surface area contributed by atoms with Gasteiger partial charge in [0.2, 0.25) is 0 Å². The largest absolute Gasteiger partial charge is 0.382 e. The average molecular weight is 241 g/mol. The third-order valence-electron chi connectivity index (χ3n) is 3.19. The first kappa shape index (κ1) is 11.5. The van der Waals surface area contributed by atoms with Gasteiger partial charge in [0.05, 0.1) is 0 Å². The van der Waals surface area contributed by atoms with Gasteiger partial charge in [-0.3, -0.25) is 0 Å². The summed E-state index contributed by atoms with van der Waals surface area (Å²) in [4.78, 5) is 7.99. The quantitative estimate of drug-likeness (QED) is 0.835. The monoisotopic (exact) mass is 240 g/mol. The summed E-state index contributed by atoms with van der Waals surface area (Å²) in [7, 11) is 0. The van der Waals surface area contributed by atoms with Crippen LogP contribution in [0.2, 0.25) is 5.02 Å². The van der Waals surface area contributed by atoms with Crippen LogP contribution in [0.1, 0.15) is 39.0 Å². The van der Waals surface area contributed by atoms with Crippen LogP contribution in [-0.2, 0) is 0 Å². The molecule has 0 saturated heterocycles. The van der Waals surface area contributed by atoms with Crippen LogP contribution < -0.4 is 11.1 Å². The van der Waals surface area contributed by atoms with Gasteiger partial charge in [0.1, 0.15) is 17.2 Å². The lowest BCUT2D eigenvalue weighted by Crippen LogP contribution is -2.37. The maximum absolute atomic E-state index is 6.06. The molecular formula is C11H17ClN4. The zero-order chi connectivity index (χ0) is 11.6. The van der Waals surface area contributed by atoms with Gasteiger partial charge in [0.25, 0.3) is 0 Å². The van der Waals surface area contributed by atoms with Gasteiger partial charge in [-0.05, 0) is 19.8 Å². The maximum atomic E-state index is 6.06. The summed E-state index contributed by atoms with van der Waals surface area (Å²) in [6, 6.07) is 0. The first-order chi connectivity index (χ1) is 7.61. The molecule has 0 unspecified atom stereocenters. The van der Waals surface area contributed by atoms with Crippen molar-refractivity contribution in [1.82, 2.24) is 9.97 Å². The summed E-state index contributed by atoms with van der Waals surface area (Å²) in [5, 5.41) is 3.83. The number of nitrogen functional groups attached to an aromatic ring is 1. The van der Waals surface area contributed by atoms with Crippen molar-refractivity contribution < 1.29 is 0 Å². The molecule has 1 fully saturated rings. The number of halogens is 1. The predicted molar refractivity (Wildman–Crippen MR) is 66.6 cm³/mol. The molecule has 0 amide bonds. The Bertz CT molecular complexity index is 374. The summed E-state index contributed by atoms with van der Waals surface area (Å²) in [6.45, 7) is 2.21. The zero-order valence-electron chi connectivity index (χ0n) is 9.46. The molecule has 0 aromatic carbocycles.